The first-order chi connectivity index (χ1) is 12.3. The molecule has 3 N–H and O–H groups in total. The van der Waals surface area contributed by atoms with E-state index in [1.165, 1.54) is 5.56 Å². The topological polar surface area (TPSA) is 84.5 Å². The minimum Gasteiger partial charge on any atom is -0.454 e. The highest BCUT2D eigenvalue weighted by Gasteiger charge is 2.14. The Kier molecular flexibility index (Phi) is 4.28. The standard InChI is InChI=1S/C18H20N4O3/c23-18(22-14-5-6-15-16(10-14)25-11-24-15)20-9-7-13-4-3-12-2-1-8-19-17(12)21-13/h3-6,10H,1-2,7-9,11H2,(H,19,21)(H2,20,22,23). The van der Waals surface area contributed by atoms with Crippen LogP contribution < -0.4 is 25.4 Å². The molecule has 7 heteroatoms. The Morgan fingerprint density at radius 3 is 3.08 bits per heavy atom. The molecule has 0 bridgehead atoms. The van der Waals surface area contributed by atoms with E-state index in [0.717, 1.165) is 30.9 Å². The number of carbonyl (C=O) groups is 1. The van der Waals surface area contributed by atoms with Crippen molar-refractivity contribution in [2.24, 2.45) is 0 Å². The molecule has 25 heavy (non-hydrogen) atoms. The Bertz CT molecular complexity index is 794. The first-order valence-electron chi connectivity index (χ1n) is 8.45. The first-order valence-corrected chi connectivity index (χ1v) is 8.45. The molecule has 0 aliphatic carbocycles. The molecule has 1 aromatic heterocycles. The number of hydrogen-bond donors (Lipinski definition) is 3. The third-order valence-electron chi connectivity index (χ3n) is 4.25. The predicted octanol–water partition coefficient (Wildman–Crippen LogP) is 2.53. The predicted molar refractivity (Wildman–Crippen MR) is 94.3 cm³/mol. The van der Waals surface area contributed by atoms with Crippen molar-refractivity contribution in [3.05, 3.63) is 41.6 Å². The second-order valence-corrected chi connectivity index (χ2v) is 6.04. The zero-order chi connectivity index (χ0) is 17.1. The van der Waals surface area contributed by atoms with Gasteiger partial charge >= 0.3 is 6.03 Å². The highest BCUT2D eigenvalue weighted by molar-refractivity contribution is 5.89. The summed E-state index contributed by atoms with van der Waals surface area (Å²) in [5.74, 6) is 2.31. The Balaban J connectivity index is 1.27. The van der Waals surface area contributed by atoms with Crippen LogP contribution in [0.3, 0.4) is 0 Å². The molecule has 0 saturated heterocycles. The number of aromatic nitrogens is 1. The third kappa shape index (κ3) is 3.60. The molecule has 0 unspecified atom stereocenters. The molecular formula is C18H20N4O3. The second kappa shape index (κ2) is 6.88. The van der Waals surface area contributed by atoms with E-state index in [1.807, 2.05) is 6.07 Å². The number of fused-ring (bicyclic) bond motifs is 2. The molecule has 0 atom stereocenters. The van der Waals surface area contributed by atoms with Crippen molar-refractivity contribution in [2.75, 3.05) is 30.5 Å². The number of urea groups is 1. The van der Waals surface area contributed by atoms with Crippen molar-refractivity contribution >= 4 is 17.5 Å². The third-order valence-corrected chi connectivity index (χ3v) is 4.25. The van der Waals surface area contributed by atoms with Crippen LogP contribution in [-0.4, -0.2) is 30.9 Å². The lowest BCUT2D eigenvalue weighted by molar-refractivity contribution is 0.174. The quantitative estimate of drug-likeness (QED) is 0.796. The maximum Gasteiger partial charge on any atom is 0.319 e. The van der Waals surface area contributed by atoms with E-state index in [-0.39, 0.29) is 12.8 Å². The largest absolute Gasteiger partial charge is 0.454 e. The van der Waals surface area contributed by atoms with E-state index in [9.17, 15) is 4.79 Å². The number of nitrogens with one attached hydrogen (secondary N) is 3. The smallest absolute Gasteiger partial charge is 0.319 e. The number of hydrogen-bond acceptors (Lipinski definition) is 5. The number of ether oxygens (including phenoxy) is 2. The van der Waals surface area contributed by atoms with Crippen molar-refractivity contribution in [1.82, 2.24) is 10.3 Å². The van der Waals surface area contributed by atoms with Crippen LogP contribution in [0.1, 0.15) is 17.7 Å². The number of amides is 2. The molecule has 0 spiro atoms. The van der Waals surface area contributed by atoms with Crippen molar-refractivity contribution < 1.29 is 14.3 Å². The van der Waals surface area contributed by atoms with E-state index >= 15 is 0 Å². The van der Waals surface area contributed by atoms with Crippen LogP contribution >= 0.6 is 0 Å². The fourth-order valence-corrected chi connectivity index (χ4v) is 2.96. The SMILES string of the molecule is O=C(NCCc1ccc2c(n1)NCCC2)Nc1ccc2c(c1)OCO2. The van der Waals surface area contributed by atoms with Gasteiger partial charge in [0.1, 0.15) is 5.82 Å². The fraction of sp³-hybridized carbons (Fsp3) is 0.333. The molecule has 4 rings (SSSR count). The van der Waals surface area contributed by atoms with Crippen LogP contribution in [0.5, 0.6) is 11.5 Å². The van der Waals surface area contributed by atoms with E-state index < -0.39 is 0 Å². The zero-order valence-electron chi connectivity index (χ0n) is 13.8. The average Bonchev–Trinajstić information content (AvgIpc) is 3.09. The molecule has 0 radical (unpaired) electrons. The van der Waals surface area contributed by atoms with E-state index in [1.54, 1.807) is 18.2 Å². The van der Waals surface area contributed by atoms with Crippen LogP contribution in [-0.2, 0) is 12.8 Å². The maximum absolute atomic E-state index is 12.0. The highest BCUT2D eigenvalue weighted by Crippen LogP contribution is 2.34. The maximum atomic E-state index is 12.0. The van der Waals surface area contributed by atoms with E-state index in [2.05, 4.69) is 27.0 Å². The monoisotopic (exact) mass is 340 g/mol. The number of aryl methyl sites for hydroxylation is 1. The number of benzene rings is 1. The van der Waals surface area contributed by atoms with Gasteiger partial charge in [-0.2, -0.15) is 0 Å². The van der Waals surface area contributed by atoms with Crippen LogP contribution in [0.4, 0.5) is 16.3 Å². The van der Waals surface area contributed by atoms with Gasteiger partial charge in [-0.25, -0.2) is 9.78 Å². The van der Waals surface area contributed by atoms with Crippen LogP contribution in [0.25, 0.3) is 0 Å². The van der Waals surface area contributed by atoms with Gasteiger partial charge in [0.05, 0.1) is 0 Å². The Morgan fingerprint density at radius 2 is 2.12 bits per heavy atom. The molecule has 2 aromatic rings. The number of carbonyl (C=O) groups excluding carboxylic acids is 1. The lowest BCUT2D eigenvalue weighted by atomic mass is 10.1. The molecule has 2 aliphatic heterocycles. The summed E-state index contributed by atoms with van der Waals surface area (Å²) in [5.41, 5.74) is 2.90. The number of nitrogens with zero attached hydrogens (tertiary/aromatic N) is 1. The summed E-state index contributed by atoms with van der Waals surface area (Å²) in [4.78, 5) is 16.6. The number of pyridine rings is 1. The van der Waals surface area contributed by atoms with Crippen molar-refractivity contribution in [2.45, 2.75) is 19.3 Å². The normalized spacial score (nSPS) is 14.4. The van der Waals surface area contributed by atoms with Gasteiger partial charge in [0, 0.05) is 37.0 Å². The summed E-state index contributed by atoms with van der Waals surface area (Å²) >= 11 is 0. The summed E-state index contributed by atoms with van der Waals surface area (Å²) in [5, 5.41) is 8.96. The van der Waals surface area contributed by atoms with Gasteiger partial charge in [0.2, 0.25) is 6.79 Å². The lowest BCUT2D eigenvalue weighted by Gasteiger charge is -2.17. The Labute approximate surface area is 145 Å². The minimum absolute atomic E-state index is 0.216. The average molecular weight is 340 g/mol. The van der Waals surface area contributed by atoms with E-state index in [0.29, 0.717) is 30.2 Å². The summed E-state index contributed by atoms with van der Waals surface area (Å²) in [7, 11) is 0. The minimum atomic E-state index is -0.255. The van der Waals surface area contributed by atoms with Gasteiger partial charge in [-0.05, 0) is 36.6 Å². The first kappa shape index (κ1) is 15.6. The van der Waals surface area contributed by atoms with Gasteiger partial charge in [-0.1, -0.05) is 6.07 Å². The Morgan fingerprint density at radius 1 is 1.20 bits per heavy atom. The molecule has 1 aromatic carbocycles. The van der Waals surface area contributed by atoms with Crippen LogP contribution in [0.2, 0.25) is 0 Å². The van der Waals surface area contributed by atoms with Gasteiger partial charge in [-0.15, -0.1) is 0 Å². The molecule has 130 valence electrons. The lowest BCUT2D eigenvalue weighted by Crippen LogP contribution is -2.30. The van der Waals surface area contributed by atoms with Crippen molar-refractivity contribution in [3.8, 4) is 11.5 Å². The molecule has 2 aliphatic rings. The molecule has 0 fully saturated rings. The second-order valence-electron chi connectivity index (χ2n) is 6.04. The van der Waals surface area contributed by atoms with Crippen LogP contribution in [0, 0.1) is 0 Å². The van der Waals surface area contributed by atoms with E-state index in [4.69, 9.17) is 9.47 Å². The van der Waals surface area contributed by atoms with Gasteiger partial charge < -0.3 is 25.4 Å². The molecule has 7 nitrogen and oxygen atoms in total. The molecular weight excluding hydrogens is 320 g/mol. The summed E-state index contributed by atoms with van der Waals surface area (Å²) in [6.07, 6.45) is 2.91. The van der Waals surface area contributed by atoms with Gasteiger partial charge in [0.25, 0.3) is 0 Å². The number of anilines is 2. The van der Waals surface area contributed by atoms with Crippen LogP contribution in [0.15, 0.2) is 30.3 Å². The summed E-state index contributed by atoms with van der Waals surface area (Å²) < 4.78 is 10.5. The zero-order valence-corrected chi connectivity index (χ0v) is 13.8. The van der Waals surface area contributed by atoms with Gasteiger partial charge in [0.15, 0.2) is 11.5 Å². The van der Waals surface area contributed by atoms with Gasteiger partial charge in [-0.3, -0.25) is 0 Å². The molecule has 0 saturated carbocycles. The van der Waals surface area contributed by atoms with Crippen molar-refractivity contribution in [3.63, 3.8) is 0 Å². The molecule has 2 amide bonds. The fourth-order valence-electron chi connectivity index (χ4n) is 2.96. The Hall–Kier alpha value is -2.96. The summed E-state index contributed by atoms with van der Waals surface area (Å²) in [6, 6.07) is 9.21. The van der Waals surface area contributed by atoms with Crippen molar-refractivity contribution in [1.29, 1.82) is 0 Å². The highest BCUT2D eigenvalue weighted by atomic mass is 16.7. The summed E-state index contributed by atoms with van der Waals surface area (Å²) in [6.45, 7) is 1.70. The number of rotatable bonds is 4. The molecule has 3 heterocycles.